The summed E-state index contributed by atoms with van der Waals surface area (Å²) < 4.78 is 27.1. The van der Waals surface area contributed by atoms with E-state index in [4.69, 9.17) is 23.2 Å². The van der Waals surface area contributed by atoms with E-state index in [1.807, 2.05) is 6.92 Å². The summed E-state index contributed by atoms with van der Waals surface area (Å²) in [6.07, 6.45) is 0. The van der Waals surface area contributed by atoms with Gasteiger partial charge in [0.25, 0.3) is 0 Å². The van der Waals surface area contributed by atoms with Crippen molar-refractivity contribution in [3.63, 3.8) is 0 Å². The van der Waals surface area contributed by atoms with E-state index in [0.29, 0.717) is 11.0 Å². The van der Waals surface area contributed by atoms with Crippen molar-refractivity contribution in [2.75, 3.05) is 19.6 Å². The van der Waals surface area contributed by atoms with Crippen LogP contribution in [0.25, 0.3) is 0 Å². The molecule has 0 aliphatic heterocycles. The Kier molecular flexibility index (Phi) is 8.87. The first-order valence-electron chi connectivity index (χ1n) is 5.23. The molecule has 0 aliphatic carbocycles. The molecule has 110 valence electrons. The highest BCUT2D eigenvalue weighted by Gasteiger charge is 2.21. The SMILES string of the molecule is CCNCCNS(=O)(=O)c1c(Cl)cc(Br)cc1Cl.Cl. The van der Waals surface area contributed by atoms with E-state index in [-0.39, 0.29) is 33.9 Å². The van der Waals surface area contributed by atoms with Gasteiger partial charge in [-0.3, -0.25) is 0 Å². The van der Waals surface area contributed by atoms with Gasteiger partial charge in [-0.05, 0) is 18.7 Å². The van der Waals surface area contributed by atoms with Crippen LogP contribution < -0.4 is 10.0 Å². The quantitative estimate of drug-likeness (QED) is 0.706. The molecule has 19 heavy (non-hydrogen) atoms. The number of hydrogen-bond acceptors (Lipinski definition) is 3. The lowest BCUT2D eigenvalue weighted by Crippen LogP contribution is -2.32. The van der Waals surface area contributed by atoms with Crippen molar-refractivity contribution in [1.82, 2.24) is 10.0 Å². The second kappa shape index (κ2) is 8.67. The summed E-state index contributed by atoms with van der Waals surface area (Å²) >= 11 is 15.0. The molecule has 0 aliphatic rings. The van der Waals surface area contributed by atoms with Crippen molar-refractivity contribution >= 4 is 61.6 Å². The topological polar surface area (TPSA) is 58.2 Å². The highest BCUT2D eigenvalue weighted by molar-refractivity contribution is 9.10. The van der Waals surface area contributed by atoms with Crippen LogP contribution >= 0.6 is 51.5 Å². The minimum atomic E-state index is -3.69. The summed E-state index contributed by atoms with van der Waals surface area (Å²) in [5.74, 6) is 0. The molecule has 2 N–H and O–H groups in total. The predicted octanol–water partition coefficient (Wildman–Crippen LogP) is 3.07. The van der Waals surface area contributed by atoms with Gasteiger partial charge in [0.05, 0.1) is 10.0 Å². The van der Waals surface area contributed by atoms with Gasteiger partial charge in [-0.1, -0.05) is 46.1 Å². The lowest BCUT2D eigenvalue weighted by molar-refractivity contribution is 0.577. The zero-order valence-corrected chi connectivity index (χ0v) is 14.8. The third kappa shape index (κ3) is 5.75. The number of rotatable bonds is 6. The van der Waals surface area contributed by atoms with Crippen LogP contribution in [0, 0.1) is 0 Å². The molecule has 0 fully saturated rings. The van der Waals surface area contributed by atoms with Crippen LogP contribution in [-0.2, 0) is 10.0 Å². The average Bonchev–Trinajstić information content (AvgIpc) is 2.22. The summed E-state index contributed by atoms with van der Waals surface area (Å²) in [6, 6.07) is 2.98. The van der Waals surface area contributed by atoms with E-state index in [1.54, 1.807) is 0 Å². The number of hydrogen-bond donors (Lipinski definition) is 2. The molecule has 0 saturated carbocycles. The Morgan fingerprint density at radius 3 is 2.21 bits per heavy atom. The van der Waals surface area contributed by atoms with E-state index in [9.17, 15) is 8.42 Å². The van der Waals surface area contributed by atoms with Crippen LogP contribution in [0.5, 0.6) is 0 Å². The summed E-state index contributed by atoms with van der Waals surface area (Å²) in [7, 11) is -3.69. The van der Waals surface area contributed by atoms with E-state index >= 15 is 0 Å². The van der Waals surface area contributed by atoms with Crippen LogP contribution in [0.15, 0.2) is 21.5 Å². The van der Waals surface area contributed by atoms with Crippen LogP contribution in [0.2, 0.25) is 10.0 Å². The normalized spacial score (nSPS) is 11.2. The number of benzene rings is 1. The average molecular weight is 413 g/mol. The maximum atomic E-state index is 12.0. The molecule has 0 atom stereocenters. The van der Waals surface area contributed by atoms with Crippen LogP contribution in [0.4, 0.5) is 0 Å². The molecular formula is C10H14BrCl3N2O2S. The second-order valence-electron chi connectivity index (χ2n) is 3.45. The summed E-state index contributed by atoms with van der Waals surface area (Å²) in [5.41, 5.74) is 0. The molecule has 0 unspecified atom stereocenters. The molecular weight excluding hydrogens is 398 g/mol. The second-order valence-corrected chi connectivity index (χ2v) is 6.88. The lowest BCUT2D eigenvalue weighted by atomic mass is 10.4. The molecule has 0 saturated heterocycles. The molecule has 1 aromatic carbocycles. The number of halogens is 4. The highest BCUT2D eigenvalue weighted by atomic mass is 79.9. The molecule has 0 radical (unpaired) electrons. The van der Waals surface area contributed by atoms with Gasteiger partial charge in [0.2, 0.25) is 10.0 Å². The van der Waals surface area contributed by atoms with Gasteiger partial charge in [0.1, 0.15) is 4.90 Å². The van der Waals surface area contributed by atoms with E-state index < -0.39 is 10.0 Å². The first-order valence-corrected chi connectivity index (χ1v) is 8.26. The Hall–Kier alpha value is 0.440. The minimum Gasteiger partial charge on any atom is -0.316 e. The van der Waals surface area contributed by atoms with Gasteiger partial charge >= 0.3 is 0 Å². The standard InChI is InChI=1S/C10H13BrCl2N2O2S.ClH/c1-2-14-3-4-15-18(16,17)10-8(12)5-7(11)6-9(10)13;/h5-6,14-15H,2-4H2,1H3;1H. The highest BCUT2D eigenvalue weighted by Crippen LogP contribution is 2.32. The smallest absolute Gasteiger partial charge is 0.243 e. The van der Waals surface area contributed by atoms with Crippen molar-refractivity contribution < 1.29 is 8.42 Å². The monoisotopic (exact) mass is 410 g/mol. The fourth-order valence-corrected chi connectivity index (χ4v) is 4.27. The molecule has 0 aromatic heterocycles. The first kappa shape index (κ1) is 19.4. The van der Waals surface area contributed by atoms with Crippen LogP contribution in [0.3, 0.4) is 0 Å². The first-order chi connectivity index (χ1) is 8.38. The van der Waals surface area contributed by atoms with Gasteiger partial charge in [0, 0.05) is 17.6 Å². The summed E-state index contributed by atoms with van der Waals surface area (Å²) in [4.78, 5) is -0.0921. The Morgan fingerprint density at radius 1 is 1.21 bits per heavy atom. The Labute approximate surface area is 137 Å². The molecule has 1 rings (SSSR count). The molecule has 9 heteroatoms. The van der Waals surface area contributed by atoms with Crippen molar-refractivity contribution in [2.45, 2.75) is 11.8 Å². The molecule has 0 heterocycles. The maximum absolute atomic E-state index is 12.0. The van der Waals surface area contributed by atoms with Crippen molar-refractivity contribution in [2.24, 2.45) is 0 Å². The number of sulfonamides is 1. The van der Waals surface area contributed by atoms with Crippen molar-refractivity contribution in [1.29, 1.82) is 0 Å². The Bertz CT molecular complexity index is 503. The molecule has 0 bridgehead atoms. The number of nitrogens with one attached hydrogen (secondary N) is 2. The molecule has 1 aromatic rings. The fourth-order valence-electron chi connectivity index (χ4n) is 1.31. The van der Waals surface area contributed by atoms with E-state index in [1.165, 1.54) is 12.1 Å². The fraction of sp³-hybridized carbons (Fsp3) is 0.400. The van der Waals surface area contributed by atoms with E-state index in [0.717, 1.165) is 6.54 Å². The van der Waals surface area contributed by atoms with Crippen molar-refractivity contribution in [3.8, 4) is 0 Å². The number of likely N-dealkylation sites (N-methyl/N-ethyl adjacent to an activating group) is 1. The lowest BCUT2D eigenvalue weighted by Gasteiger charge is -2.10. The van der Waals surface area contributed by atoms with Gasteiger partial charge in [-0.25, -0.2) is 13.1 Å². The van der Waals surface area contributed by atoms with Gasteiger partial charge < -0.3 is 5.32 Å². The van der Waals surface area contributed by atoms with Gasteiger partial charge in [-0.15, -0.1) is 12.4 Å². The summed E-state index contributed by atoms with van der Waals surface area (Å²) in [6.45, 7) is 3.54. The Balaban J connectivity index is 0.00000324. The molecule has 4 nitrogen and oxygen atoms in total. The largest absolute Gasteiger partial charge is 0.316 e. The third-order valence-electron chi connectivity index (χ3n) is 2.08. The zero-order chi connectivity index (χ0) is 13.8. The van der Waals surface area contributed by atoms with Gasteiger partial charge in [0.15, 0.2) is 0 Å². The minimum absolute atomic E-state index is 0. The zero-order valence-electron chi connectivity index (χ0n) is 10.0. The third-order valence-corrected chi connectivity index (χ3v) is 4.92. The van der Waals surface area contributed by atoms with Crippen LogP contribution in [0.1, 0.15) is 6.92 Å². The predicted molar refractivity (Wildman–Crippen MR) is 85.1 cm³/mol. The molecule has 0 amide bonds. The van der Waals surface area contributed by atoms with Gasteiger partial charge in [-0.2, -0.15) is 0 Å². The Morgan fingerprint density at radius 2 is 1.74 bits per heavy atom. The molecule has 0 spiro atoms. The summed E-state index contributed by atoms with van der Waals surface area (Å²) in [5, 5.41) is 3.19. The van der Waals surface area contributed by atoms with Crippen molar-refractivity contribution in [3.05, 3.63) is 26.7 Å². The van der Waals surface area contributed by atoms with E-state index in [2.05, 4.69) is 26.0 Å². The maximum Gasteiger partial charge on any atom is 0.243 e. The van der Waals surface area contributed by atoms with Crippen LogP contribution in [-0.4, -0.2) is 28.1 Å².